The van der Waals surface area contributed by atoms with Crippen LogP contribution in [0.25, 0.3) is 0 Å². The van der Waals surface area contributed by atoms with Crippen molar-refractivity contribution >= 4 is 0 Å². The van der Waals surface area contributed by atoms with Gasteiger partial charge in [-0.25, -0.2) is 0 Å². The Hall–Kier alpha value is -1.06. The van der Waals surface area contributed by atoms with Gasteiger partial charge >= 0.3 is 0 Å². The molecule has 0 fully saturated rings. The van der Waals surface area contributed by atoms with Crippen molar-refractivity contribution < 1.29 is 4.74 Å². The minimum absolute atomic E-state index is 0.580. The third kappa shape index (κ3) is 6.40. The summed E-state index contributed by atoms with van der Waals surface area (Å²) in [6.45, 7) is 9.95. The monoisotopic (exact) mass is 278 g/mol. The van der Waals surface area contributed by atoms with E-state index < -0.39 is 0 Å². The first-order valence-electron chi connectivity index (χ1n) is 7.56. The van der Waals surface area contributed by atoms with E-state index in [1.807, 2.05) is 12.1 Å². The molecule has 3 nitrogen and oxygen atoms in total. The van der Waals surface area contributed by atoms with Crippen molar-refractivity contribution in [3.8, 4) is 5.75 Å². The Morgan fingerprint density at radius 3 is 2.35 bits per heavy atom. The minimum Gasteiger partial charge on any atom is -0.497 e. The minimum atomic E-state index is 0.580. The fourth-order valence-electron chi connectivity index (χ4n) is 2.10. The second-order valence-corrected chi connectivity index (χ2v) is 6.00. The van der Waals surface area contributed by atoms with E-state index in [1.165, 1.54) is 12.0 Å². The van der Waals surface area contributed by atoms with E-state index >= 15 is 0 Å². The highest BCUT2D eigenvalue weighted by Crippen LogP contribution is 2.14. The van der Waals surface area contributed by atoms with Crippen LogP contribution in [0.1, 0.15) is 32.8 Å². The molecule has 0 aliphatic rings. The standard InChI is InChI=1S/C17H30N2O/c1-14(2)12-18-11-10-15(3)19(4)13-16-6-8-17(20-5)9-7-16/h6-9,14-15,18H,10-13H2,1-5H3. The second-order valence-electron chi connectivity index (χ2n) is 6.00. The summed E-state index contributed by atoms with van der Waals surface area (Å²) in [5, 5.41) is 3.51. The van der Waals surface area contributed by atoms with Crippen molar-refractivity contribution in [1.29, 1.82) is 0 Å². The maximum Gasteiger partial charge on any atom is 0.118 e. The average Bonchev–Trinajstić information content (AvgIpc) is 2.44. The maximum absolute atomic E-state index is 5.18. The molecule has 1 N–H and O–H groups in total. The van der Waals surface area contributed by atoms with Gasteiger partial charge in [-0.05, 0) is 57.1 Å². The summed E-state index contributed by atoms with van der Waals surface area (Å²) in [5.41, 5.74) is 1.33. The highest BCUT2D eigenvalue weighted by molar-refractivity contribution is 5.27. The lowest BCUT2D eigenvalue weighted by Gasteiger charge is -2.25. The van der Waals surface area contributed by atoms with Gasteiger partial charge in [0.1, 0.15) is 5.75 Å². The Morgan fingerprint density at radius 1 is 1.15 bits per heavy atom. The molecular weight excluding hydrogens is 248 g/mol. The number of nitrogens with zero attached hydrogens (tertiary/aromatic N) is 1. The Labute approximate surface area is 124 Å². The van der Waals surface area contributed by atoms with Crippen LogP contribution in [0, 0.1) is 5.92 Å². The molecule has 0 aromatic heterocycles. The van der Waals surface area contributed by atoms with Gasteiger partial charge in [0.2, 0.25) is 0 Å². The molecule has 0 aliphatic heterocycles. The summed E-state index contributed by atoms with van der Waals surface area (Å²) in [6, 6.07) is 8.91. The van der Waals surface area contributed by atoms with Crippen LogP contribution < -0.4 is 10.1 Å². The number of hydrogen-bond donors (Lipinski definition) is 1. The van der Waals surface area contributed by atoms with Gasteiger partial charge in [0.05, 0.1) is 7.11 Å². The smallest absolute Gasteiger partial charge is 0.118 e. The zero-order valence-electron chi connectivity index (χ0n) is 13.6. The Balaban J connectivity index is 2.31. The van der Waals surface area contributed by atoms with E-state index in [4.69, 9.17) is 4.74 Å². The summed E-state index contributed by atoms with van der Waals surface area (Å²) < 4.78 is 5.18. The maximum atomic E-state index is 5.18. The molecule has 3 heteroatoms. The number of rotatable bonds is 9. The van der Waals surface area contributed by atoms with E-state index in [-0.39, 0.29) is 0 Å². The molecule has 20 heavy (non-hydrogen) atoms. The fraction of sp³-hybridized carbons (Fsp3) is 0.647. The summed E-state index contributed by atoms with van der Waals surface area (Å²) in [6.07, 6.45) is 1.18. The molecule has 0 amide bonds. The van der Waals surface area contributed by atoms with Crippen molar-refractivity contribution in [2.75, 3.05) is 27.2 Å². The Morgan fingerprint density at radius 2 is 1.80 bits per heavy atom. The molecule has 1 unspecified atom stereocenters. The first kappa shape index (κ1) is 17.0. The zero-order valence-corrected chi connectivity index (χ0v) is 13.6. The summed E-state index contributed by atoms with van der Waals surface area (Å²) >= 11 is 0. The van der Waals surface area contributed by atoms with Crippen LogP contribution in [-0.2, 0) is 6.54 Å². The van der Waals surface area contributed by atoms with Crippen molar-refractivity contribution in [1.82, 2.24) is 10.2 Å². The lowest BCUT2D eigenvalue weighted by molar-refractivity contribution is 0.236. The van der Waals surface area contributed by atoms with Crippen molar-refractivity contribution in [2.45, 2.75) is 39.8 Å². The third-order valence-corrected chi connectivity index (χ3v) is 3.63. The van der Waals surface area contributed by atoms with E-state index in [0.29, 0.717) is 6.04 Å². The number of methoxy groups -OCH3 is 1. The molecule has 114 valence electrons. The second kappa shape index (κ2) is 8.98. The molecule has 1 aromatic rings. The number of ether oxygens (including phenoxy) is 1. The topological polar surface area (TPSA) is 24.5 Å². The van der Waals surface area contributed by atoms with Gasteiger partial charge in [0.25, 0.3) is 0 Å². The van der Waals surface area contributed by atoms with Crippen molar-refractivity contribution in [3.05, 3.63) is 29.8 Å². The van der Waals surface area contributed by atoms with Crippen LogP contribution in [0.4, 0.5) is 0 Å². The third-order valence-electron chi connectivity index (χ3n) is 3.63. The lowest BCUT2D eigenvalue weighted by Crippen LogP contribution is -2.32. The predicted octanol–water partition coefficient (Wildman–Crippen LogP) is 3.15. The highest BCUT2D eigenvalue weighted by Gasteiger charge is 2.09. The van der Waals surface area contributed by atoms with Crippen LogP contribution >= 0.6 is 0 Å². The van der Waals surface area contributed by atoms with Crippen molar-refractivity contribution in [3.63, 3.8) is 0 Å². The summed E-state index contributed by atoms with van der Waals surface area (Å²) in [7, 11) is 3.89. The normalized spacial score (nSPS) is 12.9. The molecule has 0 saturated carbocycles. The van der Waals surface area contributed by atoms with Gasteiger partial charge in [-0.1, -0.05) is 26.0 Å². The molecule has 0 aliphatic carbocycles. The van der Waals surface area contributed by atoms with E-state index in [1.54, 1.807) is 7.11 Å². The molecule has 1 rings (SSSR count). The SMILES string of the molecule is COc1ccc(CN(C)C(C)CCNCC(C)C)cc1. The molecule has 0 radical (unpaired) electrons. The van der Waals surface area contributed by atoms with Gasteiger partial charge in [-0.3, -0.25) is 4.90 Å². The van der Waals surface area contributed by atoms with E-state index in [9.17, 15) is 0 Å². The zero-order chi connectivity index (χ0) is 15.0. The molecule has 0 bridgehead atoms. The van der Waals surface area contributed by atoms with Gasteiger partial charge in [-0.2, -0.15) is 0 Å². The van der Waals surface area contributed by atoms with Gasteiger partial charge in [0, 0.05) is 12.6 Å². The highest BCUT2D eigenvalue weighted by atomic mass is 16.5. The first-order chi connectivity index (χ1) is 9.52. The largest absolute Gasteiger partial charge is 0.497 e. The van der Waals surface area contributed by atoms with Crippen LogP contribution in [0.3, 0.4) is 0 Å². The lowest BCUT2D eigenvalue weighted by atomic mass is 10.1. The summed E-state index contributed by atoms with van der Waals surface area (Å²) in [5.74, 6) is 1.64. The molecule has 0 saturated heterocycles. The van der Waals surface area contributed by atoms with Crippen LogP contribution in [0.5, 0.6) is 5.75 Å². The average molecular weight is 278 g/mol. The Bertz CT molecular complexity index is 362. The van der Waals surface area contributed by atoms with Crippen LogP contribution in [-0.4, -0.2) is 38.2 Å². The molecular formula is C17H30N2O. The number of nitrogens with one attached hydrogen (secondary N) is 1. The number of hydrogen-bond acceptors (Lipinski definition) is 3. The molecule has 1 atom stereocenters. The summed E-state index contributed by atoms with van der Waals surface area (Å²) in [4.78, 5) is 2.40. The van der Waals surface area contributed by atoms with E-state index in [2.05, 4.69) is 50.2 Å². The molecule has 0 spiro atoms. The predicted molar refractivity (Wildman–Crippen MR) is 86.2 cm³/mol. The fourth-order valence-corrected chi connectivity index (χ4v) is 2.10. The van der Waals surface area contributed by atoms with Crippen molar-refractivity contribution in [2.24, 2.45) is 5.92 Å². The van der Waals surface area contributed by atoms with Gasteiger partial charge in [0.15, 0.2) is 0 Å². The van der Waals surface area contributed by atoms with Crippen LogP contribution in [0.2, 0.25) is 0 Å². The Kier molecular flexibility index (Phi) is 7.63. The molecule has 0 heterocycles. The van der Waals surface area contributed by atoms with Gasteiger partial charge < -0.3 is 10.1 Å². The number of benzene rings is 1. The van der Waals surface area contributed by atoms with Gasteiger partial charge in [-0.15, -0.1) is 0 Å². The molecule has 1 aromatic carbocycles. The quantitative estimate of drug-likeness (QED) is 0.702. The first-order valence-corrected chi connectivity index (χ1v) is 7.56. The van der Waals surface area contributed by atoms with Crippen LogP contribution in [0.15, 0.2) is 24.3 Å². The van der Waals surface area contributed by atoms with E-state index in [0.717, 1.165) is 31.3 Å².